The Balaban J connectivity index is 2.94. The lowest BCUT2D eigenvalue weighted by Gasteiger charge is -2.12. The zero-order valence-corrected chi connectivity index (χ0v) is 9.68. The first kappa shape index (κ1) is 12.3. The smallest absolute Gasteiger partial charge is 0.327 e. The normalized spacial score (nSPS) is 12.3. The summed E-state index contributed by atoms with van der Waals surface area (Å²) in [6.45, 7) is 1.99. The average molecular weight is 248 g/mol. The van der Waals surface area contributed by atoms with E-state index in [1.165, 1.54) is 0 Å². The van der Waals surface area contributed by atoms with Crippen molar-refractivity contribution in [2.24, 2.45) is 5.73 Å². The molecule has 0 aliphatic carbocycles. The van der Waals surface area contributed by atoms with Crippen LogP contribution in [0.2, 0.25) is 10.0 Å². The van der Waals surface area contributed by atoms with E-state index in [9.17, 15) is 4.79 Å². The molecular weight excluding hydrogens is 237 g/mol. The monoisotopic (exact) mass is 247 g/mol. The Labute approximate surface area is 98.1 Å². The summed E-state index contributed by atoms with van der Waals surface area (Å²) >= 11 is 11.7. The molecule has 0 saturated carbocycles. The number of rotatable bonds is 3. The second kappa shape index (κ2) is 5.35. The third-order valence-corrected chi connectivity index (χ3v) is 2.41. The molecule has 1 rings (SSSR count). The molecule has 0 spiro atoms. The van der Waals surface area contributed by atoms with Crippen molar-refractivity contribution in [3.63, 3.8) is 0 Å². The largest absolute Gasteiger partial charge is 0.465 e. The summed E-state index contributed by atoms with van der Waals surface area (Å²) in [5.74, 6) is -0.512. The Morgan fingerprint density at radius 2 is 2.20 bits per heavy atom. The van der Waals surface area contributed by atoms with Crippen LogP contribution >= 0.6 is 23.2 Å². The van der Waals surface area contributed by atoms with Crippen LogP contribution < -0.4 is 5.73 Å². The van der Waals surface area contributed by atoms with Crippen LogP contribution in [0.25, 0.3) is 0 Å². The molecule has 3 nitrogen and oxygen atoms in total. The minimum atomic E-state index is -0.892. The molecule has 0 aliphatic rings. The predicted octanol–water partition coefficient (Wildman–Crippen LogP) is 2.56. The molecule has 0 fully saturated rings. The van der Waals surface area contributed by atoms with Gasteiger partial charge in [0.15, 0.2) is 0 Å². The molecule has 2 N–H and O–H groups in total. The third kappa shape index (κ3) is 3.09. The van der Waals surface area contributed by atoms with Gasteiger partial charge in [-0.05, 0) is 25.1 Å². The van der Waals surface area contributed by atoms with E-state index in [1.807, 2.05) is 0 Å². The maximum atomic E-state index is 11.4. The number of nitrogens with two attached hydrogens (primary N) is 1. The number of hydrogen-bond donors (Lipinski definition) is 1. The molecule has 0 aliphatic heterocycles. The molecule has 1 aromatic rings. The van der Waals surface area contributed by atoms with Crippen LogP contribution in [0.4, 0.5) is 0 Å². The van der Waals surface area contributed by atoms with Gasteiger partial charge >= 0.3 is 5.97 Å². The maximum absolute atomic E-state index is 11.4. The maximum Gasteiger partial charge on any atom is 0.327 e. The molecule has 1 unspecified atom stereocenters. The molecular formula is C10H11Cl2NO2. The fourth-order valence-corrected chi connectivity index (χ4v) is 1.53. The molecule has 1 atom stereocenters. The number of halogens is 2. The van der Waals surface area contributed by atoms with Gasteiger partial charge in [0.25, 0.3) is 0 Å². The van der Waals surface area contributed by atoms with Crippen molar-refractivity contribution in [3.05, 3.63) is 33.8 Å². The Kier molecular flexibility index (Phi) is 4.39. The Hall–Kier alpha value is -0.770. The molecule has 0 bridgehead atoms. The summed E-state index contributed by atoms with van der Waals surface area (Å²) in [7, 11) is 0. The lowest BCUT2D eigenvalue weighted by molar-refractivity contribution is -0.144. The standard InChI is InChI=1S/C10H11Cl2NO2/c1-2-15-10(14)9(13)7-5-6(11)3-4-8(7)12/h3-5,9H,2,13H2,1H3. The van der Waals surface area contributed by atoms with E-state index in [-0.39, 0.29) is 6.61 Å². The molecule has 0 radical (unpaired) electrons. The van der Waals surface area contributed by atoms with Crippen LogP contribution in [0, 0.1) is 0 Å². The van der Waals surface area contributed by atoms with Gasteiger partial charge in [-0.1, -0.05) is 23.2 Å². The van der Waals surface area contributed by atoms with Gasteiger partial charge in [-0.15, -0.1) is 0 Å². The Morgan fingerprint density at radius 1 is 1.53 bits per heavy atom. The van der Waals surface area contributed by atoms with Crippen LogP contribution in [0.15, 0.2) is 18.2 Å². The summed E-state index contributed by atoms with van der Waals surface area (Å²) < 4.78 is 4.79. The number of benzene rings is 1. The zero-order chi connectivity index (χ0) is 11.4. The topological polar surface area (TPSA) is 52.3 Å². The van der Waals surface area contributed by atoms with E-state index in [2.05, 4.69) is 0 Å². The summed E-state index contributed by atoms with van der Waals surface area (Å²) in [6, 6.07) is 3.89. The third-order valence-electron chi connectivity index (χ3n) is 1.83. The minimum absolute atomic E-state index is 0.282. The van der Waals surface area contributed by atoms with E-state index in [0.29, 0.717) is 15.6 Å². The molecule has 1 aromatic carbocycles. The van der Waals surface area contributed by atoms with Crippen LogP contribution in [-0.2, 0) is 9.53 Å². The number of ether oxygens (including phenoxy) is 1. The highest BCUT2D eigenvalue weighted by molar-refractivity contribution is 6.33. The molecule has 0 heterocycles. The van der Waals surface area contributed by atoms with Gasteiger partial charge in [0.1, 0.15) is 6.04 Å². The van der Waals surface area contributed by atoms with Crippen LogP contribution in [0.3, 0.4) is 0 Å². The molecule has 15 heavy (non-hydrogen) atoms. The summed E-state index contributed by atoms with van der Waals surface area (Å²) in [4.78, 5) is 11.4. The van der Waals surface area contributed by atoms with Gasteiger partial charge in [0.05, 0.1) is 6.61 Å². The molecule has 0 aromatic heterocycles. The first-order valence-electron chi connectivity index (χ1n) is 4.43. The number of esters is 1. The van der Waals surface area contributed by atoms with Crippen LogP contribution in [0.5, 0.6) is 0 Å². The minimum Gasteiger partial charge on any atom is -0.465 e. The quantitative estimate of drug-likeness (QED) is 0.836. The molecule has 5 heteroatoms. The van der Waals surface area contributed by atoms with Gasteiger partial charge in [0.2, 0.25) is 0 Å². The second-order valence-corrected chi connectivity index (χ2v) is 3.74. The molecule has 0 amide bonds. The van der Waals surface area contributed by atoms with E-state index in [4.69, 9.17) is 33.7 Å². The lowest BCUT2D eigenvalue weighted by atomic mass is 10.1. The fraction of sp³-hybridized carbons (Fsp3) is 0.300. The van der Waals surface area contributed by atoms with Crippen molar-refractivity contribution < 1.29 is 9.53 Å². The van der Waals surface area contributed by atoms with Gasteiger partial charge in [-0.2, -0.15) is 0 Å². The van der Waals surface area contributed by atoms with E-state index >= 15 is 0 Å². The Morgan fingerprint density at radius 3 is 2.80 bits per heavy atom. The average Bonchev–Trinajstić information content (AvgIpc) is 2.21. The van der Waals surface area contributed by atoms with Crippen molar-refractivity contribution in [1.82, 2.24) is 0 Å². The first-order chi connectivity index (χ1) is 7.06. The number of hydrogen-bond acceptors (Lipinski definition) is 3. The van der Waals surface area contributed by atoms with Crippen molar-refractivity contribution in [1.29, 1.82) is 0 Å². The predicted molar refractivity (Wildman–Crippen MR) is 60.0 cm³/mol. The first-order valence-corrected chi connectivity index (χ1v) is 5.19. The van der Waals surface area contributed by atoms with E-state index in [0.717, 1.165) is 0 Å². The molecule has 0 saturated heterocycles. The summed E-state index contributed by atoms with van der Waals surface area (Å²) in [5, 5.41) is 0.883. The van der Waals surface area contributed by atoms with E-state index < -0.39 is 12.0 Å². The van der Waals surface area contributed by atoms with Gasteiger partial charge in [-0.3, -0.25) is 0 Å². The lowest BCUT2D eigenvalue weighted by Crippen LogP contribution is -2.24. The van der Waals surface area contributed by atoms with Crippen molar-refractivity contribution >= 4 is 29.2 Å². The Bertz CT molecular complexity index is 368. The highest BCUT2D eigenvalue weighted by Gasteiger charge is 2.19. The van der Waals surface area contributed by atoms with E-state index in [1.54, 1.807) is 25.1 Å². The summed E-state index contributed by atoms with van der Waals surface area (Å²) in [5.41, 5.74) is 6.15. The van der Waals surface area contributed by atoms with Gasteiger partial charge in [0, 0.05) is 15.6 Å². The van der Waals surface area contributed by atoms with Crippen molar-refractivity contribution in [3.8, 4) is 0 Å². The number of carbonyl (C=O) groups excluding carboxylic acids is 1. The SMILES string of the molecule is CCOC(=O)C(N)c1cc(Cl)ccc1Cl. The van der Waals surface area contributed by atoms with Crippen LogP contribution in [0.1, 0.15) is 18.5 Å². The van der Waals surface area contributed by atoms with Gasteiger partial charge in [-0.25, -0.2) is 4.79 Å². The highest BCUT2D eigenvalue weighted by Crippen LogP contribution is 2.25. The molecule has 82 valence electrons. The fourth-order valence-electron chi connectivity index (χ4n) is 1.11. The van der Waals surface area contributed by atoms with Gasteiger partial charge < -0.3 is 10.5 Å². The van der Waals surface area contributed by atoms with Crippen LogP contribution in [-0.4, -0.2) is 12.6 Å². The number of carbonyl (C=O) groups is 1. The van der Waals surface area contributed by atoms with Crippen molar-refractivity contribution in [2.45, 2.75) is 13.0 Å². The highest BCUT2D eigenvalue weighted by atomic mass is 35.5. The second-order valence-electron chi connectivity index (χ2n) is 2.90. The summed E-state index contributed by atoms with van der Waals surface area (Å²) in [6.07, 6.45) is 0. The zero-order valence-electron chi connectivity index (χ0n) is 8.17. The van der Waals surface area contributed by atoms with Crippen molar-refractivity contribution in [2.75, 3.05) is 6.61 Å².